The highest BCUT2D eigenvalue weighted by Crippen LogP contribution is 2.18. The lowest BCUT2D eigenvalue weighted by Crippen LogP contribution is -2.48. The van der Waals surface area contributed by atoms with Crippen LogP contribution < -0.4 is 0 Å². The Bertz CT molecular complexity index is 1190. The minimum absolute atomic E-state index is 0.472. The van der Waals surface area contributed by atoms with Crippen molar-refractivity contribution in [3.63, 3.8) is 0 Å². The molecule has 1 saturated heterocycles. The van der Waals surface area contributed by atoms with Crippen molar-refractivity contribution < 1.29 is 8.42 Å². The van der Waals surface area contributed by atoms with Crippen molar-refractivity contribution in [2.45, 2.75) is 6.67 Å². The molecule has 29 heavy (non-hydrogen) atoms. The number of sulfonamides is 1. The smallest absolute Gasteiger partial charge is 0.236 e. The molecule has 0 N–H and O–H groups in total. The lowest BCUT2D eigenvalue weighted by molar-refractivity contribution is 0.154. The fourth-order valence-corrected chi connectivity index (χ4v) is 5.07. The Balaban J connectivity index is 1.43. The predicted molar refractivity (Wildman–Crippen MR) is 119 cm³/mol. The average molecular weight is 429 g/mol. The molecule has 0 unspecified atom stereocenters. The van der Waals surface area contributed by atoms with Crippen molar-refractivity contribution in [3.8, 4) is 0 Å². The first-order chi connectivity index (χ1) is 14.0. The van der Waals surface area contributed by atoms with E-state index in [-0.39, 0.29) is 0 Å². The molecule has 6 nitrogen and oxygen atoms in total. The van der Waals surface area contributed by atoms with Crippen LogP contribution in [-0.4, -0.2) is 52.9 Å². The number of aryl methyl sites for hydroxylation is 1. The second-order valence-corrected chi connectivity index (χ2v) is 9.36. The highest BCUT2D eigenvalue weighted by molar-refractivity contribution is 7.92. The van der Waals surface area contributed by atoms with Crippen molar-refractivity contribution in [1.82, 2.24) is 18.3 Å². The molecule has 1 aromatic heterocycles. The van der Waals surface area contributed by atoms with Gasteiger partial charge in [0.15, 0.2) is 4.77 Å². The van der Waals surface area contributed by atoms with Gasteiger partial charge in [-0.25, -0.2) is 8.42 Å². The molecule has 0 bridgehead atoms. The van der Waals surface area contributed by atoms with Gasteiger partial charge in [0.1, 0.15) is 0 Å². The van der Waals surface area contributed by atoms with E-state index in [1.807, 2.05) is 54.1 Å². The first kappa shape index (κ1) is 20.0. The summed E-state index contributed by atoms with van der Waals surface area (Å²) in [5, 5.41) is 1.30. The van der Waals surface area contributed by atoms with Crippen molar-refractivity contribution in [1.29, 1.82) is 0 Å². The molecule has 4 rings (SSSR count). The Labute approximate surface area is 176 Å². The third-order valence-electron chi connectivity index (χ3n) is 5.32. The Hall–Kier alpha value is -2.26. The molecule has 3 aromatic rings. The Morgan fingerprint density at radius 2 is 1.55 bits per heavy atom. The summed E-state index contributed by atoms with van der Waals surface area (Å²) in [5.41, 5.74) is 3.07. The summed E-state index contributed by atoms with van der Waals surface area (Å²) in [4.78, 5) is 2.25. The van der Waals surface area contributed by atoms with E-state index in [9.17, 15) is 8.42 Å². The maximum Gasteiger partial charge on any atom is 0.236 e. The molecule has 0 aliphatic carbocycles. The van der Waals surface area contributed by atoms with E-state index < -0.39 is 10.0 Å². The van der Waals surface area contributed by atoms with Gasteiger partial charge in [0.2, 0.25) is 10.0 Å². The molecule has 8 heteroatoms. The summed E-state index contributed by atoms with van der Waals surface area (Å²) < 4.78 is 31.7. The number of para-hydroxylation sites is 2. The fourth-order valence-electron chi connectivity index (χ4n) is 3.64. The minimum Gasteiger partial charge on any atom is -0.320 e. The maximum atomic E-state index is 12.7. The van der Waals surface area contributed by atoms with Crippen molar-refractivity contribution in [2.75, 3.05) is 26.2 Å². The molecule has 0 spiro atoms. The van der Waals surface area contributed by atoms with Crippen LogP contribution in [0.25, 0.3) is 17.1 Å². The first-order valence-corrected chi connectivity index (χ1v) is 11.5. The number of aromatic nitrogens is 2. The second kappa shape index (κ2) is 8.23. The van der Waals surface area contributed by atoms with Gasteiger partial charge in [-0.05, 0) is 36.0 Å². The fraction of sp³-hybridized carbons (Fsp3) is 0.286. The van der Waals surface area contributed by atoms with E-state index in [0.717, 1.165) is 21.4 Å². The second-order valence-electron chi connectivity index (χ2n) is 7.18. The third kappa shape index (κ3) is 4.20. The number of benzene rings is 2. The van der Waals surface area contributed by atoms with E-state index >= 15 is 0 Å². The molecule has 0 atom stereocenters. The van der Waals surface area contributed by atoms with Crippen LogP contribution in [0.5, 0.6) is 0 Å². The average Bonchev–Trinajstić information content (AvgIpc) is 2.99. The van der Waals surface area contributed by atoms with E-state index in [2.05, 4.69) is 21.6 Å². The van der Waals surface area contributed by atoms with E-state index in [0.29, 0.717) is 32.8 Å². The number of rotatable bonds is 5. The minimum atomic E-state index is -3.42. The summed E-state index contributed by atoms with van der Waals surface area (Å²) in [6.07, 6.45) is 1.65. The summed E-state index contributed by atoms with van der Waals surface area (Å²) in [6.45, 7) is 2.94. The Morgan fingerprint density at radius 3 is 2.24 bits per heavy atom. The van der Waals surface area contributed by atoms with Crippen LogP contribution >= 0.6 is 12.2 Å². The Morgan fingerprint density at radius 1 is 0.931 bits per heavy atom. The summed E-state index contributed by atoms with van der Waals surface area (Å²) in [5.74, 6) is 0. The maximum absolute atomic E-state index is 12.7. The van der Waals surface area contributed by atoms with Crippen LogP contribution in [0.15, 0.2) is 60.0 Å². The molecule has 0 radical (unpaired) electrons. The van der Waals surface area contributed by atoms with Crippen LogP contribution in [0, 0.1) is 4.77 Å². The quantitative estimate of drug-likeness (QED) is 0.585. The van der Waals surface area contributed by atoms with Gasteiger partial charge in [-0.3, -0.25) is 4.90 Å². The largest absolute Gasteiger partial charge is 0.320 e. The van der Waals surface area contributed by atoms with Crippen LogP contribution in [0.3, 0.4) is 0 Å². The normalized spacial score (nSPS) is 16.7. The number of fused-ring (bicyclic) bond motifs is 1. The number of imidazole rings is 1. The van der Waals surface area contributed by atoms with Gasteiger partial charge in [0.05, 0.1) is 17.7 Å². The molecular formula is C21H24N4O2S2. The first-order valence-electron chi connectivity index (χ1n) is 9.55. The zero-order valence-electron chi connectivity index (χ0n) is 16.3. The van der Waals surface area contributed by atoms with Gasteiger partial charge < -0.3 is 9.13 Å². The lowest BCUT2D eigenvalue weighted by Gasteiger charge is -2.33. The van der Waals surface area contributed by atoms with Crippen molar-refractivity contribution >= 4 is 39.4 Å². The molecule has 1 fully saturated rings. The van der Waals surface area contributed by atoms with Crippen LogP contribution in [0.1, 0.15) is 5.56 Å². The predicted octanol–water partition coefficient (Wildman–Crippen LogP) is 3.29. The topological polar surface area (TPSA) is 50.5 Å². The van der Waals surface area contributed by atoms with Gasteiger partial charge in [0, 0.05) is 38.6 Å². The summed E-state index contributed by atoms with van der Waals surface area (Å²) in [7, 11) is -1.44. The molecule has 2 aromatic carbocycles. The zero-order valence-corrected chi connectivity index (χ0v) is 17.9. The molecule has 1 aliphatic rings. The van der Waals surface area contributed by atoms with E-state index in [1.165, 1.54) is 5.41 Å². The Kier molecular flexibility index (Phi) is 5.69. The highest BCUT2D eigenvalue weighted by atomic mass is 32.2. The van der Waals surface area contributed by atoms with Crippen LogP contribution in [0.2, 0.25) is 0 Å². The van der Waals surface area contributed by atoms with Crippen molar-refractivity contribution in [3.05, 3.63) is 70.3 Å². The SMILES string of the molecule is Cn1c(=S)n(CN2CCN(S(=O)(=O)C=Cc3ccccc3)CC2)c2ccccc21. The van der Waals surface area contributed by atoms with Gasteiger partial charge in [-0.15, -0.1) is 0 Å². The molecule has 0 saturated carbocycles. The molecule has 0 amide bonds. The zero-order chi connectivity index (χ0) is 20.4. The van der Waals surface area contributed by atoms with Gasteiger partial charge in [-0.2, -0.15) is 4.31 Å². The highest BCUT2D eigenvalue weighted by Gasteiger charge is 2.25. The van der Waals surface area contributed by atoms with Gasteiger partial charge >= 0.3 is 0 Å². The number of piperazine rings is 1. The number of hydrogen-bond donors (Lipinski definition) is 0. The number of hydrogen-bond acceptors (Lipinski definition) is 4. The summed E-state index contributed by atoms with van der Waals surface area (Å²) >= 11 is 5.61. The molecule has 152 valence electrons. The summed E-state index contributed by atoms with van der Waals surface area (Å²) in [6, 6.07) is 17.6. The molecule has 1 aliphatic heterocycles. The monoisotopic (exact) mass is 428 g/mol. The van der Waals surface area contributed by atoms with E-state index in [4.69, 9.17) is 12.2 Å². The van der Waals surface area contributed by atoms with Crippen LogP contribution in [-0.2, 0) is 23.7 Å². The van der Waals surface area contributed by atoms with Crippen LogP contribution in [0.4, 0.5) is 0 Å². The molecular weight excluding hydrogens is 404 g/mol. The lowest BCUT2D eigenvalue weighted by atomic mass is 10.2. The molecule has 2 heterocycles. The van der Waals surface area contributed by atoms with E-state index in [1.54, 1.807) is 10.4 Å². The van der Waals surface area contributed by atoms with Gasteiger partial charge in [-0.1, -0.05) is 42.5 Å². The van der Waals surface area contributed by atoms with Gasteiger partial charge in [0.25, 0.3) is 0 Å². The third-order valence-corrected chi connectivity index (χ3v) is 7.38. The number of nitrogens with zero attached hydrogens (tertiary/aromatic N) is 4. The van der Waals surface area contributed by atoms with Crippen molar-refractivity contribution in [2.24, 2.45) is 7.05 Å². The standard InChI is InChI=1S/C21H24N4O2S2/c1-22-19-9-5-6-10-20(19)25(21(22)28)17-23-12-14-24(15-13-23)29(26,27)16-11-18-7-3-2-4-8-18/h2-11,16H,12-15,17H2,1H3.